The van der Waals surface area contributed by atoms with Gasteiger partial charge in [-0.2, -0.15) is 0 Å². The minimum absolute atomic E-state index is 0.0355. The van der Waals surface area contributed by atoms with E-state index in [1.807, 2.05) is 6.08 Å². The highest BCUT2D eigenvalue weighted by molar-refractivity contribution is 5.83. The molecule has 2 aliphatic rings. The lowest BCUT2D eigenvalue weighted by Gasteiger charge is -2.45. The maximum atomic E-state index is 12.3. The Morgan fingerprint density at radius 1 is 1.32 bits per heavy atom. The van der Waals surface area contributed by atoms with Gasteiger partial charge in [-0.1, -0.05) is 50.5 Å². The zero-order valence-electron chi connectivity index (χ0n) is 17.7. The summed E-state index contributed by atoms with van der Waals surface area (Å²) in [5, 5.41) is 10.8. The number of Topliss-reactive ketones (excluding diaryl/α,β-unsaturated/α-hetero) is 1. The Kier molecular flexibility index (Phi) is 9.43. The monoisotopic (exact) mass is 390 g/mol. The normalized spacial score (nSPS) is 25.3. The van der Waals surface area contributed by atoms with Crippen LogP contribution in [0.3, 0.4) is 0 Å². The van der Waals surface area contributed by atoms with E-state index in [-0.39, 0.29) is 29.3 Å². The number of hydrogen-bond acceptors (Lipinski definition) is 4. The van der Waals surface area contributed by atoms with Crippen LogP contribution in [0.1, 0.15) is 84.0 Å². The predicted octanol–water partition coefficient (Wildman–Crippen LogP) is 5.15. The fourth-order valence-corrected chi connectivity index (χ4v) is 4.60. The molecule has 4 nitrogen and oxygen atoms in total. The summed E-state index contributed by atoms with van der Waals surface area (Å²) in [6.07, 6.45) is 19.1. The van der Waals surface area contributed by atoms with E-state index in [9.17, 15) is 14.7 Å². The zero-order chi connectivity index (χ0) is 20.4. The van der Waals surface area contributed by atoms with Gasteiger partial charge in [0.1, 0.15) is 5.78 Å². The number of unbranched alkanes of at least 4 members (excludes halogenated alkanes) is 2. The Bertz CT molecular complexity index is 559. The van der Waals surface area contributed by atoms with Crippen LogP contribution in [-0.2, 0) is 14.3 Å². The summed E-state index contributed by atoms with van der Waals surface area (Å²) >= 11 is 0. The Balaban J connectivity index is 1.82. The van der Waals surface area contributed by atoms with Crippen molar-refractivity contribution in [2.75, 3.05) is 7.11 Å². The van der Waals surface area contributed by atoms with Crippen molar-refractivity contribution in [3.8, 4) is 0 Å². The van der Waals surface area contributed by atoms with Crippen molar-refractivity contribution in [2.45, 2.75) is 90.1 Å². The molecule has 2 aliphatic carbocycles. The van der Waals surface area contributed by atoms with Crippen LogP contribution in [0, 0.1) is 17.3 Å². The number of ether oxygens (including phenoxy) is 1. The molecule has 0 bridgehead atoms. The number of rotatable bonds is 12. The maximum Gasteiger partial charge on any atom is 0.305 e. The second-order valence-corrected chi connectivity index (χ2v) is 8.60. The molecule has 158 valence electrons. The maximum absolute atomic E-state index is 12.3. The number of aliphatic hydroxyl groups is 1. The van der Waals surface area contributed by atoms with Crippen molar-refractivity contribution in [1.29, 1.82) is 0 Å². The molecular formula is C24H38O4. The Labute approximate surface area is 170 Å². The highest BCUT2D eigenvalue weighted by atomic mass is 16.5. The van der Waals surface area contributed by atoms with Gasteiger partial charge in [-0.25, -0.2) is 0 Å². The Morgan fingerprint density at radius 3 is 2.75 bits per heavy atom. The van der Waals surface area contributed by atoms with Crippen LogP contribution in [-0.4, -0.2) is 30.1 Å². The molecule has 0 aliphatic heterocycles. The number of aliphatic hydroxyl groups excluding tert-OH is 1. The number of methoxy groups -OCH3 is 1. The number of carbonyl (C=O) groups excluding carboxylic acids is 2. The number of esters is 1. The van der Waals surface area contributed by atoms with E-state index in [0.29, 0.717) is 18.6 Å². The van der Waals surface area contributed by atoms with Crippen LogP contribution in [0.2, 0.25) is 0 Å². The van der Waals surface area contributed by atoms with Crippen molar-refractivity contribution in [3.63, 3.8) is 0 Å². The molecule has 2 saturated carbocycles. The van der Waals surface area contributed by atoms with Crippen LogP contribution in [0.15, 0.2) is 24.3 Å². The summed E-state index contributed by atoms with van der Waals surface area (Å²) in [6, 6.07) is 0. The van der Waals surface area contributed by atoms with Gasteiger partial charge in [-0.15, -0.1) is 0 Å². The van der Waals surface area contributed by atoms with Crippen LogP contribution in [0.5, 0.6) is 0 Å². The van der Waals surface area contributed by atoms with Crippen molar-refractivity contribution < 1.29 is 19.4 Å². The molecule has 0 spiro atoms. The fourth-order valence-electron chi connectivity index (χ4n) is 4.60. The predicted molar refractivity (Wildman–Crippen MR) is 112 cm³/mol. The summed E-state index contributed by atoms with van der Waals surface area (Å²) in [7, 11) is 1.41. The molecule has 28 heavy (non-hydrogen) atoms. The van der Waals surface area contributed by atoms with Crippen molar-refractivity contribution in [3.05, 3.63) is 24.3 Å². The zero-order valence-corrected chi connectivity index (χ0v) is 17.7. The molecule has 3 unspecified atom stereocenters. The molecule has 3 atom stereocenters. The van der Waals surface area contributed by atoms with Gasteiger partial charge in [0.2, 0.25) is 0 Å². The van der Waals surface area contributed by atoms with E-state index in [1.165, 1.54) is 26.4 Å². The topological polar surface area (TPSA) is 63.6 Å². The third-order valence-electron chi connectivity index (χ3n) is 6.74. The Hall–Kier alpha value is -1.42. The van der Waals surface area contributed by atoms with Crippen LogP contribution < -0.4 is 0 Å². The average molecular weight is 391 g/mol. The molecule has 0 radical (unpaired) electrons. The molecule has 1 N–H and O–H groups in total. The van der Waals surface area contributed by atoms with E-state index >= 15 is 0 Å². The van der Waals surface area contributed by atoms with Crippen LogP contribution >= 0.6 is 0 Å². The van der Waals surface area contributed by atoms with E-state index in [4.69, 9.17) is 0 Å². The molecule has 0 heterocycles. The first-order valence-electron chi connectivity index (χ1n) is 11.1. The summed E-state index contributed by atoms with van der Waals surface area (Å²) in [4.78, 5) is 23.4. The van der Waals surface area contributed by atoms with Crippen molar-refractivity contribution >= 4 is 11.8 Å². The summed E-state index contributed by atoms with van der Waals surface area (Å²) in [5.74, 6) is 0.442. The number of carbonyl (C=O) groups is 2. The number of ketones is 1. The SMILES string of the molecule is CCCCC1(C(O)/C=C/C2CCC(=O)C2C/C=C\CCCC(=O)OC)CCC1. The van der Waals surface area contributed by atoms with Gasteiger partial charge in [-0.3, -0.25) is 9.59 Å². The molecule has 0 aromatic rings. The molecule has 4 heteroatoms. The van der Waals surface area contributed by atoms with Gasteiger partial charge in [-0.05, 0) is 56.3 Å². The van der Waals surface area contributed by atoms with E-state index in [0.717, 1.165) is 44.9 Å². The smallest absolute Gasteiger partial charge is 0.305 e. The first-order valence-corrected chi connectivity index (χ1v) is 11.1. The van der Waals surface area contributed by atoms with E-state index in [1.54, 1.807) is 0 Å². The van der Waals surface area contributed by atoms with Crippen LogP contribution in [0.4, 0.5) is 0 Å². The minimum atomic E-state index is -0.377. The van der Waals surface area contributed by atoms with E-state index < -0.39 is 0 Å². The highest BCUT2D eigenvalue weighted by Crippen LogP contribution is 2.48. The van der Waals surface area contributed by atoms with Crippen molar-refractivity contribution in [1.82, 2.24) is 0 Å². The molecule has 0 saturated heterocycles. The first-order chi connectivity index (χ1) is 13.5. The average Bonchev–Trinajstić information content (AvgIpc) is 3.01. The summed E-state index contributed by atoms with van der Waals surface area (Å²) in [5.41, 5.74) is 0.0875. The second-order valence-electron chi connectivity index (χ2n) is 8.60. The first kappa shape index (κ1) is 22.9. The van der Waals surface area contributed by atoms with Crippen molar-refractivity contribution in [2.24, 2.45) is 17.3 Å². The van der Waals surface area contributed by atoms with Gasteiger partial charge in [0.15, 0.2) is 0 Å². The molecule has 0 aromatic carbocycles. The lowest BCUT2D eigenvalue weighted by Crippen LogP contribution is -2.40. The molecule has 0 aromatic heterocycles. The lowest BCUT2D eigenvalue weighted by atomic mass is 9.62. The van der Waals surface area contributed by atoms with Gasteiger partial charge in [0.25, 0.3) is 0 Å². The molecule has 2 rings (SSSR count). The Morgan fingerprint density at radius 2 is 2.11 bits per heavy atom. The van der Waals surface area contributed by atoms with Gasteiger partial charge in [0.05, 0.1) is 13.2 Å². The lowest BCUT2D eigenvalue weighted by molar-refractivity contribution is -0.140. The fraction of sp³-hybridized carbons (Fsp3) is 0.750. The van der Waals surface area contributed by atoms with Gasteiger partial charge < -0.3 is 9.84 Å². The molecule has 2 fully saturated rings. The quantitative estimate of drug-likeness (QED) is 0.284. The molecular weight excluding hydrogens is 352 g/mol. The molecule has 0 amide bonds. The standard InChI is InChI=1S/C24H38O4/c1-3-4-16-24(17-9-18-24)22(26)15-13-19-12-14-21(25)20(19)10-7-5-6-8-11-23(27)28-2/h5,7,13,15,19-20,22,26H,3-4,6,8-12,14,16-18H2,1-2H3/b7-5-,15-13+. The van der Waals surface area contributed by atoms with Crippen LogP contribution in [0.25, 0.3) is 0 Å². The summed E-state index contributed by atoms with van der Waals surface area (Å²) < 4.78 is 4.63. The highest BCUT2D eigenvalue weighted by Gasteiger charge is 2.41. The number of allylic oxidation sites excluding steroid dienone is 3. The minimum Gasteiger partial charge on any atom is -0.469 e. The third kappa shape index (κ3) is 6.30. The van der Waals surface area contributed by atoms with Gasteiger partial charge in [0, 0.05) is 18.8 Å². The number of hydrogen-bond donors (Lipinski definition) is 1. The van der Waals surface area contributed by atoms with Gasteiger partial charge >= 0.3 is 5.97 Å². The summed E-state index contributed by atoms with van der Waals surface area (Å²) in [6.45, 7) is 2.20. The van der Waals surface area contributed by atoms with E-state index in [2.05, 4.69) is 29.9 Å². The third-order valence-corrected chi connectivity index (χ3v) is 6.74. The largest absolute Gasteiger partial charge is 0.469 e. The second kappa shape index (κ2) is 11.5.